The molecule has 1 amide bonds. The summed E-state index contributed by atoms with van der Waals surface area (Å²) in [5, 5.41) is 3.12. The van der Waals surface area contributed by atoms with E-state index in [4.69, 9.17) is 0 Å². The van der Waals surface area contributed by atoms with Gasteiger partial charge in [0.15, 0.2) is 0 Å². The Morgan fingerprint density at radius 1 is 1.50 bits per heavy atom. The van der Waals surface area contributed by atoms with Gasteiger partial charge in [0.2, 0.25) is 5.91 Å². The van der Waals surface area contributed by atoms with Crippen molar-refractivity contribution in [3.63, 3.8) is 0 Å². The van der Waals surface area contributed by atoms with Gasteiger partial charge < -0.3 is 10.2 Å². The van der Waals surface area contributed by atoms with Crippen molar-refractivity contribution in [1.82, 2.24) is 15.2 Å². The first-order chi connectivity index (χ1) is 7.74. The zero-order valence-electron chi connectivity index (χ0n) is 9.94. The van der Waals surface area contributed by atoms with Crippen molar-refractivity contribution in [2.24, 2.45) is 0 Å². The first-order valence-electron chi connectivity index (χ1n) is 5.58. The summed E-state index contributed by atoms with van der Waals surface area (Å²) in [6.07, 6.45) is 2.63. The van der Waals surface area contributed by atoms with Gasteiger partial charge >= 0.3 is 0 Å². The van der Waals surface area contributed by atoms with Crippen molar-refractivity contribution >= 4 is 5.91 Å². The fraction of sp³-hybridized carbons (Fsp3) is 0.500. The predicted octanol–water partition coefficient (Wildman–Crippen LogP) is 0.692. The zero-order chi connectivity index (χ0) is 11.8. The van der Waals surface area contributed by atoms with E-state index in [-0.39, 0.29) is 5.91 Å². The Balaban J connectivity index is 2.15. The second kappa shape index (κ2) is 6.95. The van der Waals surface area contributed by atoms with Gasteiger partial charge in [-0.3, -0.25) is 9.78 Å². The van der Waals surface area contributed by atoms with Gasteiger partial charge in [0.05, 0.1) is 6.54 Å². The van der Waals surface area contributed by atoms with E-state index in [9.17, 15) is 4.79 Å². The standard InChI is InChI=1S/C12H19N3O/c1-3-15(2)12(16)10-13-9-7-11-6-4-5-8-14-11/h4-6,8,13H,3,7,9-10H2,1-2H3. The summed E-state index contributed by atoms with van der Waals surface area (Å²) in [6, 6.07) is 5.86. The zero-order valence-corrected chi connectivity index (χ0v) is 9.94. The number of carbonyl (C=O) groups is 1. The summed E-state index contributed by atoms with van der Waals surface area (Å²) in [7, 11) is 1.81. The van der Waals surface area contributed by atoms with E-state index in [1.807, 2.05) is 32.2 Å². The Morgan fingerprint density at radius 3 is 2.94 bits per heavy atom. The molecule has 0 aliphatic rings. The van der Waals surface area contributed by atoms with Crippen LogP contribution < -0.4 is 5.32 Å². The number of nitrogens with one attached hydrogen (secondary N) is 1. The average Bonchev–Trinajstić information content (AvgIpc) is 2.34. The molecular weight excluding hydrogens is 202 g/mol. The van der Waals surface area contributed by atoms with Crippen LogP contribution in [0, 0.1) is 0 Å². The van der Waals surface area contributed by atoms with Crippen LogP contribution in [0.4, 0.5) is 0 Å². The van der Waals surface area contributed by atoms with Crippen molar-refractivity contribution in [2.45, 2.75) is 13.3 Å². The van der Waals surface area contributed by atoms with Gasteiger partial charge in [-0.15, -0.1) is 0 Å². The number of amides is 1. The molecule has 0 aliphatic heterocycles. The maximum atomic E-state index is 11.4. The Morgan fingerprint density at radius 2 is 2.31 bits per heavy atom. The van der Waals surface area contributed by atoms with E-state index in [0.717, 1.165) is 25.2 Å². The summed E-state index contributed by atoms with van der Waals surface area (Å²) in [5.74, 6) is 0.128. The number of hydrogen-bond donors (Lipinski definition) is 1. The van der Waals surface area contributed by atoms with E-state index >= 15 is 0 Å². The van der Waals surface area contributed by atoms with Gasteiger partial charge in [-0.1, -0.05) is 6.07 Å². The first kappa shape index (κ1) is 12.6. The van der Waals surface area contributed by atoms with Gasteiger partial charge in [0.25, 0.3) is 0 Å². The third kappa shape index (κ3) is 4.40. The lowest BCUT2D eigenvalue weighted by Gasteiger charge is -2.14. The molecule has 0 saturated carbocycles. The number of rotatable bonds is 6. The fourth-order valence-corrected chi connectivity index (χ4v) is 1.27. The fourth-order valence-electron chi connectivity index (χ4n) is 1.27. The number of likely N-dealkylation sites (N-methyl/N-ethyl adjacent to an activating group) is 1. The van der Waals surface area contributed by atoms with Crippen LogP contribution in [0.5, 0.6) is 0 Å². The minimum Gasteiger partial charge on any atom is -0.345 e. The summed E-state index contributed by atoms with van der Waals surface area (Å²) >= 11 is 0. The molecule has 1 rings (SSSR count). The Bertz CT molecular complexity index is 313. The van der Waals surface area contributed by atoms with Crippen LogP contribution in [0.2, 0.25) is 0 Å². The summed E-state index contributed by atoms with van der Waals surface area (Å²) < 4.78 is 0. The van der Waals surface area contributed by atoms with Crippen LogP contribution in [0.1, 0.15) is 12.6 Å². The highest BCUT2D eigenvalue weighted by atomic mass is 16.2. The largest absolute Gasteiger partial charge is 0.345 e. The highest BCUT2D eigenvalue weighted by Crippen LogP contribution is 1.93. The van der Waals surface area contributed by atoms with Crippen LogP contribution >= 0.6 is 0 Å². The number of nitrogens with zero attached hydrogens (tertiary/aromatic N) is 2. The highest BCUT2D eigenvalue weighted by Gasteiger charge is 2.04. The molecule has 1 N–H and O–H groups in total. The molecule has 88 valence electrons. The van der Waals surface area contributed by atoms with Crippen LogP contribution in [0.25, 0.3) is 0 Å². The van der Waals surface area contributed by atoms with E-state index < -0.39 is 0 Å². The van der Waals surface area contributed by atoms with Gasteiger partial charge in [0.1, 0.15) is 0 Å². The lowest BCUT2D eigenvalue weighted by molar-refractivity contribution is -0.128. The van der Waals surface area contributed by atoms with Crippen molar-refractivity contribution in [3.05, 3.63) is 30.1 Å². The normalized spacial score (nSPS) is 10.1. The smallest absolute Gasteiger partial charge is 0.236 e. The van der Waals surface area contributed by atoms with Crippen LogP contribution in [0.15, 0.2) is 24.4 Å². The molecule has 1 heterocycles. The molecule has 0 unspecified atom stereocenters. The summed E-state index contributed by atoms with van der Waals surface area (Å²) in [5.41, 5.74) is 1.05. The van der Waals surface area contributed by atoms with Crippen molar-refractivity contribution < 1.29 is 4.79 Å². The molecule has 0 bridgehead atoms. The van der Waals surface area contributed by atoms with E-state index in [2.05, 4.69) is 10.3 Å². The minimum atomic E-state index is 0.128. The van der Waals surface area contributed by atoms with E-state index in [1.165, 1.54) is 0 Å². The summed E-state index contributed by atoms with van der Waals surface area (Å²) in [4.78, 5) is 17.3. The van der Waals surface area contributed by atoms with Crippen molar-refractivity contribution in [2.75, 3.05) is 26.7 Å². The molecular formula is C12H19N3O. The molecule has 1 aromatic heterocycles. The van der Waals surface area contributed by atoms with Gasteiger partial charge in [-0.05, 0) is 19.1 Å². The molecule has 0 spiro atoms. The topological polar surface area (TPSA) is 45.2 Å². The third-order valence-corrected chi connectivity index (χ3v) is 2.46. The van der Waals surface area contributed by atoms with E-state index in [1.54, 1.807) is 11.1 Å². The molecule has 0 radical (unpaired) electrons. The maximum absolute atomic E-state index is 11.4. The van der Waals surface area contributed by atoms with Crippen molar-refractivity contribution in [1.29, 1.82) is 0 Å². The molecule has 0 aliphatic carbocycles. The number of aromatic nitrogens is 1. The van der Waals surface area contributed by atoms with Crippen LogP contribution in [-0.2, 0) is 11.2 Å². The van der Waals surface area contributed by atoms with E-state index in [0.29, 0.717) is 6.54 Å². The SMILES string of the molecule is CCN(C)C(=O)CNCCc1ccccn1. The first-order valence-corrected chi connectivity index (χ1v) is 5.58. The number of hydrogen-bond acceptors (Lipinski definition) is 3. The monoisotopic (exact) mass is 221 g/mol. The van der Waals surface area contributed by atoms with Gasteiger partial charge in [0, 0.05) is 38.4 Å². The second-order valence-electron chi connectivity index (χ2n) is 3.66. The molecule has 0 atom stereocenters. The number of carbonyl (C=O) groups excluding carboxylic acids is 1. The lowest BCUT2D eigenvalue weighted by Crippen LogP contribution is -2.36. The number of pyridine rings is 1. The van der Waals surface area contributed by atoms with Crippen LogP contribution in [-0.4, -0.2) is 42.5 Å². The van der Waals surface area contributed by atoms with Crippen molar-refractivity contribution in [3.8, 4) is 0 Å². The Kier molecular flexibility index (Phi) is 5.50. The average molecular weight is 221 g/mol. The second-order valence-corrected chi connectivity index (χ2v) is 3.66. The van der Waals surface area contributed by atoms with Gasteiger partial charge in [-0.25, -0.2) is 0 Å². The maximum Gasteiger partial charge on any atom is 0.236 e. The minimum absolute atomic E-state index is 0.128. The molecule has 16 heavy (non-hydrogen) atoms. The predicted molar refractivity (Wildman–Crippen MR) is 64.1 cm³/mol. The van der Waals surface area contributed by atoms with Gasteiger partial charge in [-0.2, -0.15) is 0 Å². The Hall–Kier alpha value is -1.42. The molecule has 4 nitrogen and oxygen atoms in total. The third-order valence-electron chi connectivity index (χ3n) is 2.46. The Labute approximate surface area is 96.7 Å². The molecule has 4 heteroatoms. The highest BCUT2D eigenvalue weighted by molar-refractivity contribution is 5.77. The van der Waals surface area contributed by atoms with Crippen LogP contribution in [0.3, 0.4) is 0 Å². The molecule has 0 aromatic carbocycles. The molecule has 0 saturated heterocycles. The quantitative estimate of drug-likeness (QED) is 0.719. The molecule has 0 fully saturated rings. The summed E-state index contributed by atoms with van der Waals surface area (Å²) in [6.45, 7) is 3.89. The lowest BCUT2D eigenvalue weighted by atomic mass is 10.3. The molecule has 1 aromatic rings.